The predicted molar refractivity (Wildman–Crippen MR) is 238 cm³/mol. The lowest BCUT2D eigenvalue weighted by Gasteiger charge is -2.49. The fourth-order valence-electron chi connectivity index (χ4n) is 10.6. The summed E-state index contributed by atoms with van der Waals surface area (Å²) in [5.41, 5.74) is 16.8. The van der Waals surface area contributed by atoms with Crippen molar-refractivity contribution in [2.75, 3.05) is 4.90 Å². The van der Waals surface area contributed by atoms with Crippen molar-refractivity contribution in [3.8, 4) is 11.1 Å². The molecule has 58 heavy (non-hydrogen) atoms. The van der Waals surface area contributed by atoms with Crippen molar-refractivity contribution < 1.29 is 4.42 Å². The van der Waals surface area contributed by atoms with E-state index < -0.39 is 10.8 Å². The first kappa shape index (κ1) is 32.8. The third-order valence-electron chi connectivity index (χ3n) is 12.8. The Balaban J connectivity index is 1.14. The van der Waals surface area contributed by atoms with Gasteiger partial charge in [0.15, 0.2) is 5.58 Å². The number of nitrogens with zero attached hydrogens (tertiary/aromatic N) is 1. The van der Waals surface area contributed by atoms with Gasteiger partial charge in [-0.2, -0.15) is 0 Å². The van der Waals surface area contributed by atoms with Crippen LogP contribution in [0.5, 0.6) is 0 Å². The minimum Gasteiger partial charge on any atom is -0.454 e. The van der Waals surface area contributed by atoms with Gasteiger partial charge in [0.2, 0.25) is 0 Å². The summed E-state index contributed by atoms with van der Waals surface area (Å²) in [6.45, 7) is 0. The summed E-state index contributed by atoms with van der Waals surface area (Å²) in [6.07, 6.45) is 0. The second kappa shape index (κ2) is 12.5. The number of hydrogen-bond donors (Lipinski definition) is 0. The molecule has 0 saturated heterocycles. The fourth-order valence-corrected chi connectivity index (χ4v) is 10.6. The number of anilines is 3. The Bertz CT molecular complexity index is 3170. The van der Waals surface area contributed by atoms with Crippen LogP contribution in [0.4, 0.5) is 17.1 Å². The van der Waals surface area contributed by atoms with Crippen molar-refractivity contribution in [3.05, 3.63) is 269 Å². The molecule has 2 aliphatic rings. The van der Waals surface area contributed by atoms with E-state index in [2.05, 4.69) is 223 Å². The molecule has 2 unspecified atom stereocenters. The minimum absolute atomic E-state index is 0.478. The van der Waals surface area contributed by atoms with Crippen LogP contribution in [0.15, 0.2) is 229 Å². The predicted octanol–water partition coefficient (Wildman–Crippen LogP) is 14.1. The zero-order valence-electron chi connectivity index (χ0n) is 31.7. The number of rotatable bonds is 6. The van der Waals surface area contributed by atoms with Crippen LogP contribution in [0, 0.1) is 0 Å². The van der Waals surface area contributed by atoms with Crippen LogP contribution in [0.25, 0.3) is 33.1 Å². The Hall–Kier alpha value is -7.42. The number of hydrogen-bond acceptors (Lipinski definition) is 2. The van der Waals surface area contributed by atoms with Gasteiger partial charge in [-0.25, -0.2) is 0 Å². The minimum atomic E-state index is -0.613. The molecule has 2 heteroatoms. The second-order valence-corrected chi connectivity index (χ2v) is 15.5. The Morgan fingerprint density at radius 2 is 0.828 bits per heavy atom. The summed E-state index contributed by atoms with van der Waals surface area (Å²) >= 11 is 0. The smallest absolute Gasteiger partial charge is 0.159 e. The Kier molecular flexibility index (Phi) is 7.09. The van der Waals surface area contributed by atoms with Gasteiger partial charge in [-0.3, -0.25) is 0 Å². The molecule has 12 rings (SSSR count). The standard InChI is InChI=1S/C56H37NO/c1-4-18-38(19-5-1)55(40-34-36-42(37-35-40)57(41-22-8-3-9-23-41)51-32-17-27-46-44-25-11-15-33-52(44)58-54(46)51)48-29-13-14-30-49(48)56(39-20-6-2-7-21-39)47-28-12-10-24-43(47)45-26-16-31-50(55)53(45)56/h1-37H. The van der Waals surface area contributed by atoms with Crippen LogP contribution >= 0.6 is 0 Å². The first-order valence-corrected chi connectivity index (χ1v) is 20.1. The van der Waals surface area contributed by atoms with E-state index in [1.54, 1.807) is 0 Å². The molecule has 0 bridgehead atoms. The molecule has 1 aromatic heterocycles. The molecule has 0 saturated carbocycles. The molecule has 9 aromatic carbocycles. The highest BCUT2D eigenvalue weighted by atomic mass is 16.3. The van der Waals surface area contributed by atoms with Gasteiger partial charge in [-0.05, 0) is 92.0 Å². The van der Waals surface area contributed by atoms with Crippen LogP contribution in [-0.4, -0.2) is 0 Å². The first-order chi connectivity index (χ1) is 28.8. The van der Waals surface area contributed by atoms with E-state index in [-0.39, 0.29) is 0 Å². The number of fused-ring (bicyclic) bond motifs is 8. The summed E-state index contributed by atoms with van der Waals surface area (Å²) < 4.78 is 6.64. The van der Waals surface area contributed by atoms with E-state index in [1.807, 2.05) is 6.07 Å². The Morgan fingerprint density at radius 1 is 0.328 bits per heavy atom. The van der Waals surface area contributed by atoms with Crippen LogP contribution < -0.4 is 4.90 Å². The van der Waals surface area contributed by atoms with Crippen molar-refractivity contribution in [1.29, 1.82) is 0 Å². The monoisotopic (exact) mass is 739 g/mol. The van der Waals surface area contributed by atoms with Gasteiger partial charge < -0.3 is 9.32 Å². The third kappa shape index (κ3) is 4.32. The lowest BCUT2D eigenvalue weighted by molar-refractivity contribution is 0.626. The molecule has 1 heterocycles. The van der Waals surface area contributed by atoms with E-state index >= 15 is 0 Å². The molecular weight excluding hydrogens is 703 g/mol. The van der Waals surface area contributed by atoms with Crippen LogP contribution in [0.2, 0.25) is 0 Å². The van der Waals surface area contributed by atoms with Gasteiger partial charge in [-0.1, -0.05) is 188 Å². The molecule has 0 N–H and O–H groups in total. The first-order valence-electron chi connectivity index (χ1n) is 20.1. The normalized spacial score (nSPS) is 17.4. The maximum atomic E-state index is 6.64. The molecule has 0 radical (unpaired) electrons. The molecule has 2 nitrogen and oxygen atoms in total. The molecule has 2 aliphatic carbocycles. The van der Waals surface area contributed by atoms with Crippen LogP contribution in [0.1, 0.15) is 44.5 Å². The third-order valence-corrected chi connectivity index (χ3v) is 12.8. The highest BCUT2D eigenvalue weighted by molar-refractivity contribution is 6.10. The average molecular weight is 740 g/mol. The highest BCUT2D eigenvalue weighted by Gasteiger charge is 2.57. The molecule has 0 aliphatic heterocycles. The largest absolute Gasteiger partial charge is 0.454 e. The van der Waals surface area contributed by atoms with Gasteiger partial charge >= 0.3 is 0 Å². The van der Waals surface area contributed by atoms with Crippen LogP contribution in [-0.2, 0) is 10.8 Å². The van der Waals surface area contributed by atoms with Crippen molar-refractivity contribution in [2.45, 2.75) is 10.8 Å². The van der Waals surface area contributed by atoms with E-state index in [1.165, 1.54) is 55.6 Å². The van der Waals surface area contributed by atoms with Gasteiger partial charge in [0, 0.05) is 22.1 Å². The van der Waals surface area contributed by atoms with Crippen LogP contribution in [0.3, 0.4) is 0 Å². The topological polar surface area (TPSA) is 16.4 Å². The van der Waals surface area contributed by atoms with E-state index in [9.17, 15) is 0 Å². The second-order valence-electron chi connectivity index (χ2n) is 15.5. The lowest BCUT2D eigenvalue weighted by Crippen LogP contribution is -2.44. The average Bonchev–Trinajstić information content (AvgIpc) is 3.84. The maximum absolute atomic E-state index is 6.64. The van der Waals surface area contributed by atoms with E-state index in [0.717, 1.165) is 39.0 Å². The Labute approximate surface area is 337 Å². The zero-order valence-corrected chi connectivity index (χ0v) is 31.7. The van der Waals surface area contributed by atoms with Gasteiger partial charge in [0.1, 0.15) is 5.58 Å². The molecule has 10 aromatic rings. The molecule has 272 valence electrons. The summed E-state index contributed by atoms with van der Waals surface area (Å²) in [7, 11) is 0. The molecule has 0 spiro atoms. The van der Waals surface area contributed by atoms with Gasteiger partial charge in [0.05, 0.1) is 16.5 Å². The Morgan fingerprint density at radius 3 is 1.57 bits per heavy atom. The van der Waals surface area contributed by atoms with E-state index in [4.69, 9.17) is 4.42 Å². The summed E-state index contributed by atoms with van der Waals surface area (Å²) in [5, 5.41) is 2.22. The fraction of sp³-hybridized carbons (Fsp3) is 0.0357. The maximum Gasteiger partial charge on any atom is 0.159 e. The summed E-state index contributed by atoms with van der Waals surface area (Å²) in [6, 6.07) is 82.4. The summed E-state index contributed by atoms with van der Waals surface area (Å²) in [4.78, 5) is 2.33. The number of furan rings is 1. The quantitative estimate of drug-likeness (QED) is 0.169. The zero-order chi connectivity index (χ0) is 38.3. The van der Waals surface area contributed by atoms with Crippen molar-refractivity contribution >= 4 is 39.0 Å². The lowest BCUT2D eigenvalue weighted by atomic mass is 9.52. The van der Waals surface area contributed by atoms with Crippen molar-refractivity contribution in [2.24, 2.45) is 0 Å². The number of para-hydroxylation sites is 3. The molecular formula is C56H37NO. The highest BCUT2D eigenvalue weighted by Crippen LogP contribution is 2.65. The SMILES string of the molecule is c1ccc(N(c2ccc(C3(c4ccccc4)c4ccccc4C4(c5ccccc5)c5ccccc5-c5cccc3c54)cc2)c2cccc3c2oc2ccccc23)cc1. The van der Waals surface area contributed by atoms with Crippen molar-refractivity contribution in [1.82, 2.24) is 0 Å². The van der Waals surface area contributed by atoms with Gasteiger partial charge in [0.25, 0.3) is 0 Å². The van der Waals surface area contributed by atoms with Crippen molar-refractivity contribution in [3.63, 3.8) is 0 Å². The molecule has 0 amide bonds. The summed E-state index contributed by atoms with van der Waals surface area (Å²) in [5.74, 6) is 0. The molecule has 2 atom stereocenters. The van der Waals surface area contributed by atoms with Gasteiger partial charge in [-0.15, -0.1) is 0 Å². The van der Waals surface area contributed by atoms with E-state index in [0.29, 0.717) is 0 Å². The number of benzene rings is 9. The molecule has 0 fully saturated rings.